The van der Waals surface area contributed by atoms with Crippen molar-refractivity contribution in [2.24, 2.45) is 0 Å². The summed E-state index contributed by atoms with van der Waals surface area (Å²) in [6, 6.07) is 14.6. The van der Waals surface area contributed by atoms with Gasteiger partial charge < -0.3 is 19.5 Å². The van der Waals surface area contributed by atoms with Gasteiger partial charge in [-0.3, -0.25) is 9.89 Å². The molecular weight excluding hydrogens is 451 g/mol. The number of methoxy groups -OCH3 is 2. The molecule has 0 aliphatic rings. The van der Waals surface area contributed by atoms with Gasteiger partial charge >= 0.3 is 6.18 Å². The Hall–Kier alpha value is -4.21. The zero-order valence-electron chi connectivity index (χ0n) is 18.2. The Kier molecular flexibility index (Phi) is 6.31. The summed E-state index contributed by atoms with van der Waals surface area (Å²) in [5, 5.41) is 10.1. The highest BCUT2D eigenvalue weighted by molar-refractivity contribution is 6.08. The number of amides is 1. The molecule has 4 aromatic rings. The Morgan fingerprint density at radius 1 is 0.941 bits per heavy atom. The number of carbonyl (C=O) groups is 1. The van der Waals surface area contributed by atoms with Crippen molar-refractivity contribution in [1.82, 2.24) is 10.2 Å². The molecule has 4 rings (SSSR count). The summed E-state index contributed by atoms with van der Waals surface area (Å²) in [6.45, 7) is 0.240. The minimum absolute atomic E-state index is 0.0727. The van der Waals surface area contributed by atoms with Crippen LogP contribution in [0.15, 0.2) is 60.7 Å². The average Bonchev–Trinajstić information content (AvgIpc) is 3.23. The minimum Gasteiger partial charge on any atom is -0.497 e. The maximum atomic E-state index is 12.7. The lowest BCUT2D eigenvalue weighted by molar-refractivity contribution is -0.137. The third kappa shape index (κ3) is 5.06. The summed E-state index contributed by atoms with van der Waals surface area (Å²) in [5.41, 5.74) is 0.727. The normalized spacial score (nSPS) is 11.3. The van der Waals surface area contributed by atoms with Crippen molar-refractivity contribution in [2.45, 2.75) is 12.8 Å². The number of rotatable bonds is 7. The number of ether oxygens (including phenoxy) is 3. The summed E-state index contributed by atoms with van der Waals surface area (Å²) in [5.74, 6) is 1.44. The maximum Gasteiger partial charge on any atom is 0.416 e. The molecule has 1 aromatic heterocycles. The van der Waals surface area contributed by atoms with E-state index in [9.17, 15) is 18.0 Å². The van der Waals surface area contributed by atoms with Crippen molar-refractivity contribution >= 4 is 22.6 Å². The number of fused-ring (bicyclic) bond motifs is 1. The maximum absolute atomic E-state index is 12.7. The van der Waals surface area contributed by atoms with Crippen molar-refractivity contribution in [3.8, 4) is 17.2 Å². The van der Waals surface area contributed by atoms with Crippen LogP contribution in [-0.2, 0) is 12.8 Å². The van der Waals surface area contributed by atoms with Gasteiger partial charge in [-0.05, 0) is 60.2 Å². The lowest BCUT2D eigenvalue weighted by Crippen LogP contribution is -2.13. The summed E-state index contributed by atoms with van der Waals surface area (Å²) in [4.78, 5) is 12.5. The highest BCUT2D eigenvalue weighted by atomic mass is 19.4. The van der Waals surface area contributed by atoms with E-state index in [1.165, 1.54) is 0 Å². The van der Waals surface area contributed by atoms with Gasteiger partial charge in [-0.15, -0.1) is 0 Å². The number of benzene rings is 3. The monoisotopic (exact) mass is 471 g/mol. The van der Waals surface area contributed by atoms with E-state index in [0.29, 0.717) is 28.2 Å². The number of nitrogens with zero attached hydrogens (tertiary/aromatic N) is 1. The molecular formula is C24H20F3N3O4. The first kappa shape index (κ1) is 23.0. The number of hydrogen-bond donors (Lipinski definition) is 2. The number of aromatic nitrogens is 2. The van der Waals surface area contributed by atoms with Crippen LogP contribution in [0.25, 0.3) is 10.9 Å². The first-order chi connectivity index (χ1) is 16.3. The lowest BCUT2D eigenvalue weighted by atomic mass is 10.1. The van der Waals surface area contributed by atoms with Crippen LogP contribution in [-0.4, -0.2) is 30.3 Å². The molecule has 176 valence electrons. The van der Waals surface area contributed by atoms with Crippen molar-refractivity contribution in [3.63, 3.8) is 0 Å². The number of aromatic amines is 1. The fraction of sp³-hybridized carbons (Fsp3) is 0.167. The van der Waals surface area contributed by atoms with Gasteiger partial charge in [0.2, 0.25) is 0 Å². The van der Waals surface area contributed by atoms with Crippen LogP contribution in [0.2, 0.25) is 0 Å². The van der Waals surface area contributed by atoms with E-state index in [4.69, 9.17) is 14.2 Å². The Morgan fingerprint density at radius 3 is 2.24 bits per heavy atom. The van der Waals surface area contributed by atoms with Crippen molar-refractivity contribution in [1.29, 1.82) is 0 Å². The molecule has 0 aliphatic carbocycles. The Bertz CT molecular complexity index is 1300. The van der Waals surface area contributed by atoms with Crippen LogP contribution in [0.5, 0.6) is 17.2 Å². The molecule has 3 aromatic carbocycles. The molecule has 10 heteroatoms. The predicted molar refractivity (Wildman–Crippen MR) is 119 cm³/mol. The number of carbonyl (C=O) groups excluding carboxylic acids is 1. The van der Waals surface area contributed by atoms with Gasteiger partial charge in [0.25, 0.3) is 5.91 Å². The van der Waals surface area contributed by atoms with E-state index in [1.54, 1.807) is 38.5 Å². The number of hydrogen-bond acceptors (Lipinski definition) is 5. The predicted octanol–water partition coefficient (Wildman–Crippen LogP) is 5.43. The molecule has 0 atom stereocenters. The molecule has 1 heterocycles. The van der Waals surface area contributed by atoms with Crippen molar-refractivity contribution < 1.29 is 32.2 Å². The van der Waals surface area contributed by atoms with E-state index >= 15 is 0 Å². The summed E-state index contributed by atoms with van der Waals surface area (Å²) in [6.07, 6.45) is -4.47. The van der Waals surface area contributed by atoms with Crippen molar-refractivity contribution in [2.75, 3.05) is 19.5 Å². The van der Waals surface area contributed by atoms with E-state index in [0.717, 1.165) is 29.8 Å². The molecule has 1 amide bonds. The zero-order valence-corrected chi connectivity index (χ0v) is 18.2. The van der Waals surface area contributed by atoms with Crippen LogP contribution in [0.3, 0.4) is 0 Å². The molecule has 7 nitrogen and oxygen atoms in total. The second-order valence-corrected chi connectivity index (χ2v) is 7.32. The molecule has 2 N–H and O–H groups in total. The van der Waals surface area contributed by atoms with Gasteiger partial charge in [0.15, 0.2) is 5.82 Å². The quantitative estimate of drug-likeness (QED) is 0.376. The molecule has 0 aliphatic heterocycles. The summed E-state index contributed by atoms with van der Waals surface area (Å²) in [7, 11) is 3.12. The Morgan fingerprint density at radius 2 is 1.62 bits per heavy atom. The number of nitrogens with one attached hydrogen (secondary N) is 2. The third-order valence-electron chi connectivity index (χ3n) is 5.06. The molecule has 0 saturated carbocycles. The second kappa shape index (κ2) is 9.34. The van der Waals surface area contributed by atoms with E-state index in [2.05, 4.69) is 15.5 Å². The summed E-state index contributed by atoms with van der Waals surface area (Å²) < 4.78 is 54.7. The number of alkyl halides is 3. The molecule has 0 spiro atoms. The standard InChI is InChI=1S/C24H20F3N3O4/c1-32-18-9-14(10-19(11-18)33-2)13-34-17-7-8-21-20(12-17)22(30-29-21)28-23(31)15-3-5-16(6-4-15)24(25,26)27/h3-12H,13H2,1-2H3,(H2,28,29,30,31). The highest BCUT2D eigenvalue weighted by Crippen LogP contribution is 2.30. The molecule has 0 fully saturated rings. The van der Waals surface area contributed by atoms with Crippen molar-refractivity contribution in [3.05, 3.63) is 77.4 Å². The van der Waals surface area contributed by atoms with E-state index in [-0.39, 0.29) is 18.0 Å². The van der Waals surface area contributed by atoms with E-state index in [1.807, 2.05) is 12.1 Å². The van der Waals surface area contributed by atoms with Crippen LogP contribution in [0, 0.1) is 0 Å². The molecule has 0 saturated heterocycles. The van der Waals surface area contributed by atoms with Crippen LogP contribution < -0.4 is 19.5 Å². The smallest absolute Gasteiger partial charge is 0.416 e. The van der Waals surface area contributed by atoms with Gasteiger partial charge in [0.05, 0.1) is 25.3 Å². The number of H-pyrrole nitrogens is 1. The third-order valence-corrected chi connectivity index (χ3v) is 5.06. The van der Waals surface area contributed by atoms with Gasteiger partial charge in [0.1, 0.15) is 23.9 Å². The Balaban J connectivity index is 1.50. The van der Waals surface area contributed by atoms with Crippen LogP contribution in [0.4, 0.5) is 19.0 Å². The van der Waals surface area contributed by atoms with Gasteiger partial charge in [-0.1, -0.05) is 0 Å². The second-order valence-electron chi connectivity index (χ2n) is 7.32. The fourth-order valence-corrected chi connectivity index (χ4v) is 3.28. The highest BCUT2D eigenvalue weighted by Gasteiger charge is 2.30. The lowest BCUT2D eigenvalue weighted by Gasteiger charge is -2.10. The minimum atomic E-state index is -4.47. The average molecular weight is 471 g/mol. The van der Waals surface area contributed by atoms with Gasteiger partial charge in [-0.25, -0.2) is 0 Å². The molecule has 34 heavy (non-hydrogen) atoms. The van der Waals surface area contributed by atoms with Crippen LogP contribution >= 0.6 is 0 Å². The largest absolute Gasteiger partial charge is 0.497 e. The molecule has 0 radical (unpaired) electrons. The molecule has 0 bridgehead atoms. The topological polar surface area (TPSA) is 85.5 Å². The van der Waals surface area contributed by atoms with Crippen LogP contribution in [0.1, 0.15) is 21.5 Å². The summed E-state index contributed by atoms with van der Waals surface area (Å²) >= 11 is 0. The number of halogens is 3. The zero-order chi connectivity index (χ0) is 24.3. The Labute approximate surface area is 192 Å². The van der Waals surface area contributed by atoms with E-state index < -0.39 is 17.6 Å². The van der Waals surface area contributed by atoms with Gasteiger partial charge in [0, 0.05) is 17.0 Å². The number of anilines is 1. The van der Waals surface area contributed by atoms with Gasteiger partial charge in [-0.2, -0.15) is 18.3 Å². The molecule has 0 unspecified atom stereocenters. The first-order valence-electron chi connectivity index (χ1n) is 10.1. The SMILES string of the molecule is COc1cc(COc2ccc3[nH]nc(NC(=O)c4ccc(C(F)(F)F)cc4)c3c2)cc(OC)c1. The fourth-order valence-electron chi connectivity index (χ4n) is 3.28. The first-order valence-corrected chi connectivity index (χ1v) is 10.1.